The van der Waals surface area contributed by atoms with E-state index in [-0.39, 0.29) is 5.91 Å². The zero-order valence-corrected chi connectivity index (χ0v) is 17.9. The number of aryl methyl sites for hydroxylation is 2. The second-order valence-electron chi connectivity index (χ2n) is 7.28. The second kappa shape index (κ2) is 9.05. The van der Waals surface area contributed by atoms with Crippen molar-refractivity contribution in [2.75, 3.05) is 13.6 Å². The summed E-state index contributed by atoms with van der Waals surface area (Å²) in [6.07, 6.45) is 1.52. The molecule has 0 aliphatic rings. The summed E-state index contributed by atoms with van der Waals surface area (Å²) in [6, 6.07) is 20.1. The van der Waals surface area contributed by atoms with Crippen molar-refractivity contribution in [1.82, 2.24) is 15.0 Å². The van der Waals surface area contributed by atoms with Crippen LogP contribution >= 0.6 is 11.3 Å². The summed E-state index contributed by atoms with van der Waals surface area (Å²) in [6.45, 7) is 2.68. The SMILES string of the molecule is Cc1ccc(-c2nc(C(=O)N(C)CCCc3cc(-c4ccccc4)no3)cs2)cc1. The minimum absolute atomic E-state index is 0.0628. The van der Waals surface area contributed by atoms with Crippen LogP contribution in [-0.2, 0) is 6.42 Å². The molecule has 0 unspecified atom stereocenters. The van der Waals surface area contributed by atoms with E-state index in [0.717, 1.165) is 40.4 Å². The molecule has 2 aromatic heterocycles. The molecular weight excluding hydrogens is 394 g/mol. The minimum atomic E-state index is -0.0628. The molecule has 0 radical (unpaired) electrons. The molecule has 2 heterocycles. The molecule has 0 saturated carbocycles. The lowest BCUT2D eigenvalue weighted by Gasteiger charge is -2.15. The van der Waals surface area contributed by atoms with Crippen LogP contribution in [0.5, 0.6) is 0 Å². The third kappa shape index (κ3) is 4.66. The lowest BCUT2D eigenvalue weighted by molar-refractivity contribution is 0.0788. The van der Waals surface area contributed by atoms with E-state index in [0.29, 0.717) is 12.2 Å². The van der Waals surface area contributed by atoms with E-state index in [2.05, 4.69) is 29.2 Å². The first-order valence-electron chi connectivity index (χ1n) is 9.89. The van der Waals surface area contributed by atoms with E-state index in [1.54, 1.807) is 4.90 Å². The highest BCUT2D eigenvalue weighted by Crippen LogP contribution is 2.24. The third-order valence-corrected chi connectivity index (χ3v) is 5.81. The Kier molecular flexibility index (Phi) is 6.05. The van der Waals surface area contributed by atoms with Gasteiger partial charge in [-0.3, -0.25) is 4.79 Å². The van der Waals surface area contributed by atoms with E-state index in [1.165, 1.54) is 16.9 Å². The molecule has 2 aromatic carbocycles. The number of carbonyl (C=O) groups excluding carboxylic acids is 1. The first-order chi connectivity index (χ1) is 14.6. The average molecular weight is 418 g/mol. The van der Waals surface area contributed by atoms with Gasteiger partial charge in [-0.15, -0.1) is 11.3 Å². The van der Waals surface area contributed by atoms with Gasteiger partial charge in [0.25, 0.3) is 5.91 Å². The van der Waals surface area contributed by atoms with Gasteiger partial charge in [0.2, 0.25) is 0 Å². The Hall–Kier alpha value is -3.25. The van der Waals surface area contributed by atoms with Crippen molar-refractivity contribution in [1.29, 1.82) is 0 Å². The van der Waals surface area contributed by atoms with Gasteiger partial charge >= 0.3 is 0 Å². The number of amides is 1. The molecule has 4 rings (SSSR count). The Labute approximate surface area is 180 Å². The average Bonchev–Trinajstić information content (AvgIpc) is 3.44. The first-order valence-corrected chi connectivity index (χ1v) is 10.8. The van der Waals surface area contributed by atoms with Crippen LogP contribution < -0.4 is 0 Å². The van der Waals surface area contributed by atoms with E-state index in [4.69, 9.17) is 4.52 Å². The van der Waals surface area contributed by atoms with Crippen molar-refractivity contribution < 1.29 is 9.32 Å². The number of thiazole rings is 1. The van der Waals surface area contributed by atoms with Crippen molar-refractivity contribution in [2.45, 2.75) is 19.8 Å². The zero-order valence-electron chi connectivity index (χ0n) is 17.0. The maximum absolute atomic E-state index is 12.7. The molecule has 0 spiro atoms. The Balaban J connectivity index is 1.31. The van der Waals surface area contributed by atoms with E-state index in [9.17, 15) is 4.79 Å². The van der Waals surface area contributed by atoms with Crippen molar-refractivity contribution in [2.24, 2.45) is 0 Å². The summed E-state index contributed by atoms with van der Waals surface area (Å²) in [5.41, 5.74) is 4.60. The number of hydrogen-bond donors (Lipinski definition) is 0. The Morgan fingerprint density at radius 1 is 1.07 bits per heavy atom. The summed E-state index contributed by atoms with van der Waals surface area (Å²) < 4.78 is 5.44. The molecule has 6 heteroatoms. The maximum atomic E-state index is 12.7. The molecule has 0 fully saturated rings. The van der Waals surface area contributed by atoms with Crippen molar-refractivity contribution in [3.63, 3.8) is 0 Å². The molecule has 30 heavy (non-hydrogen) atoms. The zero-order chi connectivity index (χ0) is 20.9. The molecule has 0 atom stereocenters. The van der Waals surface area contributed by atoms with Gasteiger partial charge in [0.05, 0.1) is 0 Å². The van der Waals surface area contributed by atoms with Crippen LogP contribution in [0.1, 0.15) is 28.2 Å². The maximum Gasteiger partial charge on any atom is 0.273 e. The standard InChI is InChI=1S/C24H23N3O2S/c1-17-10-12-19(13-11-17)23-25-22(16-30-23)24(28)27(2)14-6-9-20-15-21(26-29-20)18-7-4-3-5-8-18/h3-5,7-8,10-13,15-16H,6,9,14H2,1-2H3. The molecule has 152 valence electrons. The third-order valence-electron chi connectivity index (χ3n) is 4.91. The topological polar surface area (TPSA) is 59.2 Å². The summed E-state index contributed by atoms with van der Waals surface area (Å²) in [5.74, 6) is 0.761. The first kappa shape index (κ1) is 20.0. The van der Waals surface area contributed by atoms with Crippen LogP contribution in [0.2, 0.25) is 0 Å². The summed E-state index contributed by atoms with van der Waals surface area (Å²) in [5, 5.41) is 6.83. The normalized spacial score (nSPS) is 10.9. The van der Waals surface area contributed by atoms with Crippen molar-refractivity contribution in [3.05, 3.63) is 83.1 Å². The Bertz CT molecular complexity index is 1120. The Morgan fingerprint density at radius 3 is 2.60 bits per heavy atom. The molecule has 0 aliphatic heterocycles. The highest BCUT2D eigenvalue weighted by molar-refractivity contribution is 7.13. The minimum Gasteiger partial charge on any atom is -0.361 e. The molecule has 5 nitrogen and oxygen atoms in total. The molecule has 0 saturated heterocycles. The number of aromatic nitrogens is 2. The van der Waals surface area contributed by atoms with Crippen LogP contribution in [0.3, 0.4) is 0 Å². The smallest absolute Gasteiger partial charge is 0.273 e. The van der Waals surface area contributed by atoms with E-state index in [1.807, 2.05) is 61.0 Å². The van der Waals surface area contributed by atoms with E-state index < -0.39 is 0 Å². The number of hydrogen-bond acceptors (Lipinski definition) is 5. The molecule has 1 amide bonds. The summed E-state index contributed by atoms with van der Waals surface area (Å²) in [4.78, 5) is 19.0. The second-order valence-corrected chi connectivity index (χ2v) is 8.14. The van der Waals surface area contributed by atoms with Gasteiger partial charge in [0, 0.05) is 42.6 Å². The number of nitrogens with zero attached hydrogens (tertiary/aromatic N) is 3. The predicted octanol–water partition coefficient (Wildman–Crippen LogP) is 5.48. The van der Waals surface area contributed by atoms with Crippen LogP contribution in [0.4, 0.5) is 0 Å². The molecule has 0 bridgehead atoms. The fourth-order valence-corrected chi connectivity index (χ4v) is 3.96. The fourth-order valence-electron chi connectivity index (χ4n) is 3.16. The van der Waals surface area contributed by atoms with Crippen LogP contribution in [0, 0.1) is 6.92 Å². The van der Waals surface area contributed by atoms with Gasteiger partial charge in [-0.25, -0.2) is 4.98 Å². The van der Waals surface area contributed by atoms with Crippen LogP contribution in [0.15, 0.2) is 70.6 Å². The van der Waals surface area contributed by atoms with Gasteiger partial charge in [-0.1, -0.05) is 65.3 Å². The molecule has 0 aliphatic carbocycles. The molecule has 4 aromatic rings. The lowest BCUT2D eigenvalue weighted by Crippen LogP contribution is -2.28. The number of rotatable bonds is 7. The van der Waals surface area contributed by atoms with Gasteiger partial charge in [0.1, 0.15) is 22.2 Å². The Morgan fingerprint density at radius 2 is 1.83 bits per heavy atom. The van der Waals surface area contributed by atoms with Crippen LogP contribution in [0.25, 0.3) is 21.8 Å². The highest BCUT2D eigenvalue weighted by Gasteiger charge is 2.16. The van der Waals surface area contributed by atoms with Crippen molar-refractivity contribution in [3.8, 4) is 21.8 Å². The van der Waals surface area contributed by atoms with Crippen molar-refractivity contribution >= 4 is 17.2 Å². The largest absolute Gasteiger partial charge is 0.361 e. The summed E-state index contributed by atoms with van der Waals surface area (Å²) >= 11 is 1.49. The predicted molar refractivity (Wildman–Crippen MR) is 120 cm³/mol. The fraction of sp³-hybridized carbons (Fsp3) is 0.208. The monoisotopic (exact) mass is 417 g/mol. The number of benzene rings is 2. The van der Waals surface area contributed by atoms with Crippen LogP contribution in [-0.4, -0.2) is 34.5 Å². The van der Waals surface area contributed by atoms with E-state index >= 15 is 0 Å². The van der Waals surface area contributed by atoms with Gasteiger partial charge in [-0.2, -0.15) is 0 Å². The molecular formula is C24H23N3O2S. The highest BCUT2D eigenvalue weighted by atomic mass is 32.1. The van der Waals surface area contributed by atoms with Gasteiger partial charge in [0.15, 0.2) is 0 Å². The lowest BCUT2D eigenvalue weighted by atomic mass is 10.1. The number of carbonyl (C=O) groups is 1. The van der Waals surface area contributed by atoms with Gasteiger partial charge in [-0.05, 0) is 13.3 Å². The quantitative estimate of drug-likeness (QED) is 0.400. The summed E-state index contributed by atoms with van der Waals surface area (Å²) in [7, 11) is 1.81. The van der Waals surface area contributed by atoms with Gasteiger partial charge < -0.3 is 9.42 Å². The molecule has 0 N–H and O–H groups in total.